The number of rotatable bonds is 5. The topological polar surface area (TPSA) is 63.1 Å². The van der Waals surface area contributed by atoms with Gasteiger partial charge in [-0.05, 0) is 37.6 Å². The molecule has 3 aliphatic heterocycles. The molecule has 1 spiro atoms. The lowest BCUT2D eigenvalue weighted by atomic mass is 9.93. The number of hydrogen-bond acceptors (Lipinski definition) is 6. The summed E-state index contributed by atoms with van der Waals surface area (Å²) in [5.74, 6) is 0.272. The Morgan fingerprint density at radius 3 is 2.55 bits per heavy atom. The fourth-order valence-electron chi connectivity index (χ4n) is 5.24. The van der Waals surface area contributed by atoms with Gasteiger partial charge in [0.1, 0.15) is 6.04 Å². The van der Waals surface area contributed by atoms with Crippen molar-refractivity contribution in [3.05, 3.63) is 35.4 Å². The van der Waals surface area contributed by atoms with Gasteiger partial charge in [-0.25, -0.2) is 0 Å². The Hall–Kier alpha value is -1.98. The average molecular weight is 398 g/mol. The summed E-state index contributed by atoms with van der Waals surface area (Å²) in [5, 5.41) is 8.98. The van der Waals surface area contributed by atoms with Gasteiger partial charge in [-0.1, -0.05) is 12.1 Å². The monoisotopic (exact) mass is 397 g/mol. The first-order valence-corrected chi connectivity index (χ1v) is 10.5. The van der Waals surface area contributed by atoms with Crippen LogP contribution >= 0.6 is 0 Å². The van der Waals surface area contributed by atoms with Crippen LogP contribution < -0.4 is 0 Å². The molecule has 156 valence electrons. The van der Waals surface area contributed by atoms with E-state index in [9.17, 15) is 4.79 Å². The molecule has 7 nitrogen and oxygen atoms in total. The first-order valence-electron chi connectivity index (χ1n) is 10.5. The maximum atomic E-state index is 13.3. The number of fused-ring (bicyclic) bond motifs is 2. The van der Waals surface area contributed by atoms with E-state index < -0.39 is 0 Å². The van der Waals surface area contributed by atoms with Gasteiger partial charge in [-0.3, -0.25) is 14.6 Å². The summed E-state index contributed by atoms with van der Waals surface area (Å²) in [6.45, 7) is 6.86. The van der Waals surface area contributed by atoms with E-state index in [-0.39, 0.29) is 17.6 Å². The molecule has 29 heavy (non-hydrogen) atoms. The number of likely N-dealkylation sites (N-methyl/N-ethyl adjacent to an activating group) is 1. The number of carbonyl (C=O) groups is 1. The van der Waals surface area contributed by atoms with Crippen LogP contribution in [0.25, 0.3) is 0 Å². The average Bonchev–Trinajstić information content (AvgIpc) is 2.96. The van der Waals surface area contributed by atoms with Gasteiger partial charge in [0.15, 0.2) is 0 Å². The zero-order chi connectivity index (χ0) is 20.4. The lowest BCUT2D eigenvalue weighted by Crippen LogP contribution is -2.63. The Bertz CT molecular complexity index is 766. The largest absolute Gasteiger partial charge is 0.383 e. The SMILES string of the molecule is COCCN1C(=O)[C@H]2CN(C)CCN2C12CCN(Cc1ccc(C#N)cc1)CC2. The van der Waals surface area contributed by atoms with Crippen molar-refractivity contribution < 1.29 is 9.53 Å². The quantitative estimate of drug-likeness (QED) is 0.737. The zero-order valence-corrected chi connectivity index (χ0v) is 17.5. The molecule has 0 aromatic heterocycles. The molecule has 3 saturated heterocycles. The lowest BCUT2D eigenvalue weighted by molar-refractivity contribution is -0.135. The van der Waals surface area contributed by atoms with Crippen LogP contribution in [0, 0.1) is 11.3 Å². The second kappa shape index (κ2) is 8.41. The van der Waals surface area contributed by atoms with Crippen molar-refractivity contribution in [3.63, 3.8) is 0 Å². The second-order valence-corrected chi connectivity index (χ2v) is 8.52. The van der Waals surface area contributed by atoms with Gasteiger partial charge in [0, 0.05) is 52.9 Å². The molecule has 3 aliphatic rings. The number of benzene rings is 1. The van der Waals surface area contributed by atoms with Crippen molar-refractivity contribution in [2.24, 2.45) is 0 Å². The Morgan fingerprint density at radius 1 is 1.17 bits per heavy atom. The van der Waals surface area contributed by atoms with Gasteiger partial charge in [0.2, 0.25) is 5.91 Å². The predicted molar refractivity (Wildman–Crippen MR) is 110 cm³/mol. The third-order valence-corrected chi connectivity index (χ3v) is 6.84. The van der Waals surface area contributed by atoms with E-state index in [4.69, 9.17) is 10.00 Å². The van der Waals surface area contributed by atoms with Crippen LogP contribution in [0.1, 0.15) is 24.0 Å². The van der Waals surface area contributed by atoms with Gasteiger partial charge in [0.05, 0.1) is 23.9 Å². The van der Waals surface area contributed by atoms with Crippen LogP contribution in [0.15, 0.2) is 24.3 Å². The van der Waals surface area contributed by atoms with Crippen LogP contribution in [-0.2, 0) is 16.1 Å². The molecule has 0 N–H and O–H groups in total. The van der Waals surface area contributed by atoms with E-state index in [1.807, 2.05) is 24.3 Å². The number of methoxy groups -OCH3 is 1. The smallest absolute Gasteiger partial charge is 0.242 e. The summed E-state index contributed by atoms with van der Waals surface area (Å²) in [6.07, 6.45) is 1.94. The molecule has 7 heteroatoms. The molecule has 4 rings (SSSR count). The first kappa shape index (κ1) is 20.3. The molecule has 0 bridgehead atoms. The highest BCUT2D eigenvalue weighted by molar-refractivity contribution is 5.85. The summed E-state index contributed by atoms with van der Waals surface area (Å²) in [7, 11) is 3.81. The summed E-state index contributed by atoms with van der Waals surface area (Å²) in [6, 6.07) is 10.0. The van der Waals surface area contributed by atoms with E-state index >= 15 is 0 Å². The van der Waals surface area contributed by atoms with Crippen molar-refractivity contribution in [1.29, 1.82) is 5.26 Å². The van der Waals surface area contributed by atoms with E-state index in [1.165, 1.54) is 5.56 Å². The third kappa shape index (κ3) is 3.78. The molecule has 1 atom stereocenters. The van der Waals surface area contributed by atoms with Gasteiger partial charge in [0.25, 0.3) is 0 Å². The Morgan fingerprint density at radius 2 is 1.90 bits per heavy atom. The molecule has 3 heterocycles. The van der Waals surface area contributed by atoms with Crippen LogP contribution in [0.3, 0.4) is 0 Å². The molecule has 1 aromatic carbocycles. The van der Waals surface area contributed by atoms with Crippen molar-refractivity contribution in [3.8, 4) is 6.07 Å². The maximum Gasteiger partial charge on any atom is 0.242 e. The molecular formula is C22H31N5O2. The van der Waals surface area contributed by atoms with Crippen LogP contribution in [-0.4, -0.2) is 97.2 Å². The molecule has 0 saturated carbocycles. The molecule has 0 radical (unpaired) electrons. The molecule has 3 fully saturated rings. The number of ether oxygens (including phenoxy) is 1. The number of hydrogen-bond donors (Lipinski definition) is 0. The Kier molecular flexibility index (Phi) is 5.88. The first-order chi connectivity index (χ1) is 14.1. The number of piperidine rings is 1. The normalized spacial score (nSPS) is 25.3. The lowest BCUT2D eigenvalue weighted by Gasteiger charge is -2.50. The fraction of sp³-hybridized carbons (Fsp3) is 0.636. The highest BCUT2D eigenvalue weighted by Crippen LogP contribution is 2.41. The summed E-state index contributed by atoms with van der Waals surface area (Å²) < 4.78 is 5.32. The van der Waals surface area contributed by atoms with Crippen LogP contribution in [0.2, 0.25) is 0 Å². The Balaban J connectivity index is 1.47. The highest BCUT2D eigenvalue weighted by Gasteiger charge is 2.57. The minimum absolute atomic E-state index is 0.0179. The maximum absolute atomic E-state index is 13.3. The highest BCUT2D eigenvalue weighted by atomic mass is 16.5. The van der Waals surface area contributed by atoms with Crippen molar-refractivity contribution in [2.45, 2.75) is 31.1 Å². The third-order valence-electron chi connectivity index (χ3n) is 6.84. The van der Waals surface area contributed by atoms with E-state index in [2.05, 4.69) is 32.7 Å². The zero-order valence-electron chi connectivity index (χ0n) is 17.5. The molecular weight excluding hydrogens is 366 g/mol. The molecule has 1 aromatic rings. The number of likely N-dealkylation sites (tertiary alicyclic amines) is 1. The number of piperazine rings is 1. The van der Waals surface area contributed by atoms with E-state index in [0.29, 0.717) is 18.7 Å². The molecule has 1 amide bonds. The minimum atomic E-state index is -0.164. The van der Waals surface area contributed by atoms with Gasteiger partial charge < -0.3 is 14.5 Å². The van der Waals surface area contributed by atoms with E-state index in [0.717, 1.165) is 52.1 Å². The van der Waals surface area contributed by atoms with Gasteiger partial charge in [-0.2, -0.15) is 5.26 Å². The van der Waals surface area contributed by atoms with Crippen molar-refractivity contribution in [2.75, 3.05) is 60.0 Å². The van der Waals surface area contributed by atoms with Gasteiger partial charge >= 0.3 is 0 Å². The Labute approximate surface area is 173 Å². The number of nitrogens with zero attached hydrogens (tertiary/aromatic N) is 5. The van der Waals surface area contributed by atoms with Crippen LogP contribution in [0.5, 0.6) is 0 Å². The summed E-state index contributed by atoms with van der Waals surface area (Å²) in [5.41, 5.74) is 1.77. The summed E-state index contributed by atoms with van der Waals surface area (Å²) in [4.78, 5) is 22.6. The number of carbonyl (C=O) groups excluding carboxylic acids is 1. The number of amides is 1. The van der Waals surface area contributed by atoms with Crippen molar-refractivity contribution in [1.82, 2.24) is 19.6 Å². The fourth-order valence-corrected chi connectivity index (χ4v) is 5.24. The minimum Gasteiger partial charge on any atom is -0.383 e. The standard InChI is InChI=1S/C22H31N5O2/c1-24-11-12-26-20(17-24)21(28)27(13-14-29-2)22(26)7-9-25(10-8-22)16-19-5-3-18(15-23)4-6-19/h3-6,20H,7-14,16-17H2,1-2H3/t20-/m1/s1. The van der Waals surface area contributed by atoms with E-state index in [1.54, 1.807) is 7.11 Å². The number of nitriles is 1. The molecule has 0 unspecified atom stereocenters. The molecule has 0 aliphatic carbocycles. The van der Waals surface area contributed by atoms with Gasteiger partial charge in [-0.15, -0.1) is 0 Å². The van der Waals surface area contributed by atoms with Crippen molar-refractivity contribution >= 4 is 5.91 Å². The summed E-state index contributed by atoms with van der Waals surface area (Å²) >= 11 is 0. The predicted octanol–water partition coefficient (Wildman–Crippen LogP) is 0.955. The second-order valence-electron chi connectivity index (χ2n) is 8.52. The van der Waals surface area contributed by atoms with Crippen LogP contribution in [0.4, 0.5) is 0 Å².